The maximum Gasteiger partial charge on any atom is 0.252 e. The fourth-order valence-electron chi connectivity index (χ4n) is 2.38. The minimum absolute atomic E-state index is 0.101. The van der Waals surface area contributed by atoms with Gasteiger partial charge in [0.05, 0.1) is 0 Å². The highest BCUT2D eigenvalue weighted by Crippen LogP contribution is 2.28. The second kappa shape index (κ2) is 8.49. The Kier molecular flexibility index (Phi) is 5.86. The molecule has 0 N–H and O–H groups in total. The molecule has 2 aromatic heterocycles. The summed E-state index contributed by atoms with van der Waals surface area (Å²) in [7, 11) is 0. The summed E-state index contributed by atoms with van der Waals surface area (Å²) in [6.07, 6.45) is 6.87. The van der Waals surface area contributed by atoms with Crippen molar-refractivity contribution in [2.24, 2.45) is 5.92 Å². The van der Waals surface area contributed by atoms with Crippen molar-refractivity contribution in [1.29, 1.82) is 0 Å². The van der Waals surface area contributed by atoms with Crippen molar-refractivity contribution in [1.82, 2.24) is 15.2 Å². The lowest BCUT2D eigenvalue weighted by Crippen LogP contribution is -2.32. The number of nitrogens with zero attached hydrogens (tertiary/aromatic N) is 4. The molecule has 3 rings (SSSR count). The van der Waals surface area contributed by atoms with E-state index >= 15 is 0 Å². The average molecular weight is 364 g/mol. The van der Waals surface area contributed by atoms with Gasteiger partial charge in [-0.05, 0) is 29.7 Å². The molecular weight excluding hydrogens is 344 g/mol. The Morgan fingerprint density at radius 2 is 1.96 bits per heavy atom. The second-order valence-electron chi connectivity index (χ2n) is 6.22. The number of rotatable bonds is 6. The van der Waals surface area contributed by atoms with E-state index in [1.54, 1.807) is 23.4 Å². The molecule has 0 saturated carbocycles. The average Bonchev–Trinajstić information content (AvgIpc) is 3.15. The Hall–Kier alpha value is -2.86. The normalized spacial score (nSPS) is 11.2. The summed E-state index contributed by atoms with van der Waals surface area (Å²) in [6.45, 7) is 4.73. The molecule has 132 valence electrons. The predicted molar refractivity (Wildman–Crippen MR) is 106 cm³/mol. The molecule has 0 radical (unpaired) electrons. The maximum atomic E-state index is 12.8. The minimum Gasteiger partial charge on any atom is -0.283 e. The van der Waals surface area contributed by atoms with Gasteiger partial charge in [0.1, 0.15) is 0 Å². The number of carbonyl (C=O) groups excluding carboxylic acids is 1. The number of hydrogen-bond acceptors (Lipinski definition) is 5. The molecule has 0 atom stereocenters. The molecule has 26 heavy (non-hydrogen) atoms. The zero-order chi connectivity index (χ0) is 18.4. The van der Waals surface area contributed by atoms with Crippen molar-refractivity contribution < 1.29 is 4.79 Å². The van der Waals surface area contributed by atoms with Crippen LogP contribution in [0.25, 0.3) is 16.6 Å². The van der Waals surface area contributed by atoms with Gasteiger partial charge in [-0.15, -0.1) is 10.2 Å². The van der Waals surface area contributed by atoms with E-state index in [4.69, 9.17) is 0 Å². The zero-order valence-electron chi connectivity index (χ0n) is 14.7. The lowest BCUT2D eigenvalue weighted by atomic mass is 10.2. The van der Waals surface area contributed by atoms with Gasteiger partial charge in [-0.25, -0.2) is 0 Å². The molecule has 0 bridgehead atoms. The molecule has 1 amide bonds. The summed E-state index contributed by atoms with van der Waals surface area (Å²) < 4.78 is 0. The third-order valence-corrected chi connectivity index (χ3v) is 4.58. The Bertz CT molecular complexity index is 875. The first-order valence-electron chi connectivity index (χ1n) is 8.42. The molecule has 2 heterocycles. The first kappa shape index (κ1) is 17.9. The monoisotopic (exact) mass is 364 g/mol. The molecule has 0 spiro atoms. The number of benzene rings is 1. The van der Waals surface area contributed by atoms with Crippen LogP contribution in [0.15, 0.2) is 60.9 Å². The molecule has 3 aromatic rings. The van der Waals surface area contributed by atoms with Gasteiger partial charge >= 0.3 is 0 Å². The quantitative estimate of drug-likeness (QED) is 0.612. The summed E-state index contributed by atoms with van der Waals surface area (Å²) >= 11 is 1.40. The van der Waals surface area contributed by atoms with Crippen LogP contribution in [-0.4, -0.2) is 27.6 Å². The highest BCUT2D eigenvalue weighted by atomic mass is 32.1. The largest absolute Gasteiger partial charge is 0.283 e. The Labute approximate surface area is 157 Å². The van der Waals surface area contributed by atoms with E-state index in [0.29, 0.717) is 17.6 Å². The summed E-state index contributed by atoms with van der Waals surface area (Å²) in [6, 6.07) is 13.6. The van der Waals surface area contributed by atoms with E-state index in [2.05, 4.69) is 29.0 Å². The standard InChI is InChI=1S/C20H20N4OS/c1-15(2)14-24(18(25)11-10-16-7-4-3-5-8-16)20-23-22-19(26-20)17-9-6-12-21-13-17/h3-13,15H,14H2,1-2H3. The fourth-order valence-corrected chi connectivity index (χ4v) is 3.23. The van der Waals surface area contributed by atoms with Crippen LogP contribution in [0.4, 0.5) is 5.13 Å². The van der Waals surface area contributed by atoms with Crippen molar-refractivity contribution in [2.45, 2.75) is 13.8 Å². The number of pyridine rings is 1. The van der Waals surface area contributed by atoms with Gasteiger partial charge in [0.2, 0.25) is 5.13 Å². The molecule has 0 unspecified atom stereocenters. The Balaban J connectivity index is 1.83. The van der Waals surface area contributed by atoms with E-state index in [1.165, 1.54) is 11.3 Å². The van der Waals surface area contributed by atoms with Gasteiger partial charge in [-0.1, -0.05) is 55.5 Å². The highest BCUT2D eigenvalue weighted by Gasteiger charge is 2.20. The molecule has 0 fully saturated rings. The SMILES string of the molecule is CC(C)CN(C(=O)C=Cc1ccccc1)c1nnc(-c2cccnc2)s1. The van der Waals surface area contributed by atoms with Crippen LogP contribution >= 0.6 is 11.3 Å². The van der Waals surface area contributed by atoms with Gasteiger partial charge in [-0.2, -0.15) is 0 Å². The van der Waals surface area contributed by atoms with Crippen molar-refractivity contribution in [3.05, 3.63) is 66.5 Å². The maximum absolute atomic E-state index is 12.8. The van der Waals surface area contributed by atoms with Crippen LogP contribution in [0.1, 0.15) is 19.4 Å². The number of carbonyl (C=O) groups is 1. The second-order valence-corrected chi connectivity index (χ2v) is 7.17. The van der Waals surface area contributed by atoms with Crippen molar-refractivity contribution >= 4 is 28.5 Å². The van der Waals surface area contributed by atoms with E-state index in [1.807, 2.05) is 48.5 Å². The smallest absolute Gasteiger partial charge is 0.252 e. The molecule has 0 aliphatic carbocycles. The summed E-state index contributed by atoms with van der Waals surface area (Å²) in [5, 5.41) is 9.81. The minimum atomic E-state index is -0.101. The van der Waals surface area contributed by atoms with E-state index in [0.717, 1.165) is 16.1 Å². The van der Waals surface area contributed by atoms with Gasteiger partial charge in [0.15, 0.2) is 5.01 Å². The Morgan fingerprint density at radius 1 is 1.15 bits per heavy atom. The first-order chi connectivity index (χ1) is 12.6. The first-order valence-corrected chi connectivity index (χ1v) is 9.23. The lowest BCUT2D eigenvalue weighted by Gasteiger charge is -2.19. The van der Waals surface area contributed by atoms with Gasteiger partial charge in [0, 0.05) is 30.6 Å². The van der Waals surface area contributed by atoms with Gasteiger partial charge < -0.3 is 0 Å². The molecular formula is C20H20N4OS. The number of anilines is 1. The predicted octanol–water partition coefficient (Wildman–Crippen LogP) is 4.30. The van der Waals surface area contributed by atoms with Gasteiger partial charge in [0.25, 0.3) is 5.91 Å². The van der Waals surface area contributed by atoms with Crippen molar-refractivity contribution in [3.8, 4) is 10.6 Å². The summed E-state index contributed by atoms with van der Waals surface area (Å²) in [5.41, 5.74) is 1.88. The third kappa shape index (κ3) is 4.61. The molecule has 0 aliphatic heterocycles. The molecule has 5 nitrogen and oxygen atoms in total. The van der Waals surface area contributed by atoms with Crippen LogP contribution in [0.2, 0.25) is 0 Å². The molecule has 0 saturated heterocycles. The van der Waals surface area contributed by atoms with E-state index < -0.39 is 0 Å². The van der Waals surface area contributed by atoms with Crippen LogP contribution in [0, 0.1) is 5.92 Å². The fraction of sp³-hybridized carbons (Fsp3) is 0.200. The molecule has 6 heteroatoms. The summed E-state index contributed by atoms with van der Waals surface area (Å²) in [4.78, 5) is 18.6. The van der Waals surface area contributed by atoms with Crippen LogP contribution in [-0.2, 0) is 4.79 Å². The van der Waals surface area contributed by atoms with Crippen molar-refractivity contribution in [3.63, 3.8) is 0 Å². The molecule has 1 aromatic carbocycles. The van der Waals surface area contributed by atoms with Crippen LogP contribution in [0.5, 0.6) is 0 Å². The third-order valence-electron chi connectivity index (χ3n) is 3.59. The summed E-state index contributed by atoms with van der Waals surface area (Å²) in [5.74, 6) is 0.214. The van der Waals surface area contributed by atoms with E-state index in [-0.39, 0.29) is 5.91 Å². The van der Waals surface area contributed by atoms with Gasteiger partial charge in [-0.3, -0.25) is 14.7 Å². The zero-order valence-corrected chi connectivity index (χ0v) is 15.6. The van der Waals surface area contributed by atoms with Crippen LogP contribution < -0.4 is 4.90 Å². The van der Waals surface area contributed by atoms with Crippen molar-refractivity contribution in [2.75, 3.05) is 11.4 Å². The van der Waals surface area contributed by atoms with E-state index in [9.17, 15) is 4.79 Å². The molecule has 0 aliphatic rings. The lowest BCUT2D eigenvalue weighted by molar-refractivity contribution is -0.114. The Morgan fingerprint density at radius 3 is 2.65 bits per heavy atom. The van der Waals surface area contributed by atoms with Crippen LogP contribution in [0.3, 0.4) is 0 Å². The highest BCUT2D eigenvalue weighted by molar-refractivity contribution is 7.18. The number of aromatic nitrogens is 3. The number of hydrogen-bond donors (Lipinski definition) is 0. The topological polar surface area (TPSA) is 59.0 Å². The number of amides is 1.